The topological polar surface area (TPSA) is 96.2 Å². The van der Waals surface area contributed by atoms with Crippen molar-refractivity contribution in [1.29, 1.82) is 5.26 Å². The predicted molar refractivity (Wildman–Crippen MR) is 144 cm³/mol. The summed E-state index contributed by atoms with van der Waals surface area (Å²) in [5.74, 6) is -0.0102. The molecule has 0 atom stereocenters. The normalized spacial score (nSPS) is 11.5. The Morgan fingerprint density at radius 3 is 2.36 bits per heavy atom. The lowest BCUT2D eigenvalue weighted by Gasteiger charge is -2.27. The van der Waals surface area contributed by atoms with Gasteiger partial charge in [0.05, 0.1) is 45.1 Å². The first kappa shape index (κ1) is 28.4. The van der Waals surface area contributed by atoms with Crippen LogP contribution in [0.1, 0.15) is 11.3 Å². The SMILES string of the molecule is N#Cc1cc(N(CC(F)(F)F)c2ccc(-c3ccc4nc(C[SH](=O)=O)cnc4c3)cc2)cc(Cl)c1OCCCl. The molecule has 202 valence electrons. The van der Waals surface area contributed by atoms with Crippen LogP contribution in [0.2, 0.25) is 5.02 Å². The summed E-state index contributed by atoms with van der Waals surface area (Å²) in [5.41, 5.74) is 3.11. The maximum atomic E-state index is 13.6. The Kier molecular flexibility index (Phi) is 8.80. The van der Waals surface area contributed by atoms with Gasteiger partial charge >= 0.3 is 6.18 Å². The number of nitriles is 1. The highest BCUT2D eigenvalue weighted by atomic mass is 35.5. The van der Waals surface area contributed by atoms with Gasteiger partial charge in [0, 0.05) is 11.4 Å². The molecule has 0 fully saturated rings. The molecule has 0 amide bonds. The Balaban J connectivity index is 1.68. The summed E-state index contributed by atoms with van der Waals surface area (Å²) in [6.45, 7) is -1.25. The summed E-state index contributed by atoms with van der Waals surface area (Å²) in [6, 6.07) is 16.1. The van der Waals surface area contributed by atoms with Crippen LogP contribution < -0.4 is 9.64 Å². The molecule has 0 N–H and O–H groups in total. The number of hydrogen-bond acceptors (Lipinski definition) is 7. The fourth-order valence-corrected chi connectivity index (χ4v) is 4.65. The zero-order valence-corrected chi connectivity index (χ0v) is 22.4. The molecule has 13 heteroatoms. The van der Waals surface area contributed by atoms with E-state index in [1.165, 1.54) is 30.5 Å². The van der Waals surface area contributed by atoms with Gasteiger partial charge in [0.15, 0.2) is 5.75 Å². The molecule has 0 spiro atoms. The minimum absolute atomic E-state index is 0.0134. The summed E-state index contributed by atoms with van der Waals surface area (Å²) in [4.78, 5) is 9.58. The van der Waals surface area contributed by atoms with Crippen LogP contribution in [0.4, 0.5) is 24.5 Å². The molecule has 0 aliphatic rings. The predicted octanol–water partition coefficient (Wildman–Crippen LogP) is 6.25. The lowest BCUT2D eigenvalue weighted by Crippen LogP contribution is -2.30. The van der Waals surface area contributed by atoms with Crippen molar-refractivity contribution in [3.8, 4) is 22.9 Å². The maximum Gasteiger partial charge on any atom is 0.406 e. The zero-order valence-electron chi connectivity index (χ0n) is 20.0. The van der Waals surface area contributed by atoms with Gasteiger partial charge in [-0.1, -0.05) is 29.8 Å². The van der Waals surface area contributed by atoms with Crippen LogP contribution in [0.5, 0.6) is 5.75 Å². The summed E-state index contributed by atoms with van der Waals surface area (Å²) in [5, 5.41) is 9.53. The van der Waals surface area contributed by atoms with Crippen LogP contribution in [0.3, 0.4) is 0 Å². The number of ether oxygens (including phenoxy) is 1. The number of fused-ring (bicyclic) bond motifs is 1. The van der Waals surface area contributed by atoms with E-state index in [0.29, 0.717) is 22.3 Å². The molecule has 0 aliphatic heterocycles. The molecule has 39 heavy (non-hydrogen) atoms. The fraction of sp³-hybridized carbons (Fsp3) is 0.192. The summed E-state index contributed by atoms with van der Waals surface area (Å²) < 4.78 is 68.0. The molecule has 0 aliphatic carbocycles. The van der Waals surface area contributed by atoms with Crippen molar-refractivity contribution < 1.29 is 26.3 Å². The largest absolute Gasteiger partial charge is 0.489 e. The van der Waals surface area contributed by atoms with Gasteiger partial charge in [-0.2, -0.15) is 18.4 Å². The van der Waals surface area contributed by atoms with Gasteiger partial charge < -0.3 is 9.64 Å². The van der Waals surface area contributed by atoms with Gasteiger partial charge in [-0.3, -0.25) is 4.98 Å². The van der Waals surface area contributed by atoms with Gasteiger partial charge in [0.25, 0.3) is 0 Å². The Labute approximate surface area is 233 Å². The number of benzene rings is 3. The highest BCUT2D eigenvalue weighted by Crippen LogP contribution is 2.38. The van der Waals surface area contributed by atoms with E-state index < -0.39 is 23.4 Å². The minimum atomic E-state index is -4.55. The third kappa shape index (κ3) is 7.09. The van der Waals surface area contributed by atoms with E-state index in [4.69, 9.17) is 27.9 Å². The smallest absolute Gasteiger partial charge is 0.406 e. The van der Waals surface area contributed by atoms with E-state index in [9.17, 15) is 26.9 Å². The van der Waals surface area contributed by atoms with Crippen molar-refractivity contribution in [3.05, 3.63) is 77.1 Å². The monoisotopic (exact) mass is 594 g/mol. The molecule has 0 saturated carbocycles. The Bertz CT molecular complexity index is 1620. The van der Waals surface area contributed by atoms with Crippen molar-refractivity contribution in [3.63, 3.8) is 0 Å². The summed E-state index contributed by atoms with van der Waals surface area (Å²) in [6.07, 6.45) is -3.16. The Hall–Kier alpha value is -3.59. The summed E-state index contributed by atoms with van der Waals surface area (Å²) >= 11 is 11.9. The second kappa shape index (κ2) is 12.1. The van der Waals surface area contributed by atoms with Gasteiger partial charge in [-0.25, -0.2) is 13.4 Å². The Morgan fingerprint density at radius 1 is 1.00 bits per heavy atom. The minimum Gasteiger partial charge on any atom is -0.489 e. The van der Waals surface area contributed by atoms with Crippen LogP contribution in [-0.4, -0.2) is 43.6 Å². The molecule has 1 heterocycles. The van der Waals surface area contributed by atoms with Crippen LogP contribution in [-0.2, 0) is 16.5 Å². The van der Waals surface area contributed by atoms with Crippen molar-refractivity contribution in [2.45, 2.75) is 11.9 Å². The number of hydrogen-bond donors (Lipinski definition) is 1. The standard InChI is InChI=1S/C26H19Cl2F3N4O3S/c27-7-8-38-25-18(12-32)9-21(11-22(25)28)35(15-26(29,30)31)20-4-1-16(2-5-20)17-3-6-23-24(10-17)33-13-19(34-23)14-39(36)37/h1-6,9-11,13,39H,7-8,14-15H2. The molecule has 4 aromatic rings. The molecule has 7 nitrogen and oxygen atoms in total. The van der Waals surface area contributed by atoms with Crippen LogP contribution in [0.25, 0.3) is 22.2 Å². The number of alkyl halides is 4. The highest BCUT2D eigenvalue weighted by molar-refractivity contribution is 7.71. The first-order valence-corrected chi connectivity index (χ1v) is 13.6. The fourth-order valence-electron chi connectivity index (χ4n) is 3.89. The second-order valence-corrected chi connectivity index (χ2v) is 10.0. The maximum absolute atomic E-state index is 13.6. The zero-order chi connectivity index (χ0) is 28.2. The van der Waals surface area contributed by atoms with Crippen LogP contribution in [0.15, 0.2) is 60.8 Å². The molecule has 1 aromatic heterocycles. The average molecular weight is 595 g/mol. The summed E-state index contributed by atoms with van der Waals surface area (Å²) in [7, 11) is -2.63. The van der Waals surface area contributed by atoms with E-state index in [0.717, 1.165) is 10.5 Å². The number of aromatic nitrogens is 2. The number of anilines is 2. The Morgan fingerprint density at radius 2 is 1.72 bits per heavy atom. The first-order chi connectivity index (χ1) is 18.6. The van der Waals surface area contributed by atoms with Crippen molar-refractivity contribution >= 4 is 56.3 Å². The third-order valence-corrected chi connectivity index (χ3v) is 6.53. The molecular formula is C26H19Cl2F3N4O3S. The lowest BCUT2D eigenvalue weighted by atomic mass is 10.0. The van der Waals surface area contributed by atoms with Gasteiger partial charge in [-0.05, 0) is 47.5 Å². The molecular weight excluding hydrogens is 576 g/mol. The van der Waals surface area contributed by atoms with Gasteiger partial charge in [0.1, 0.15) is 29.9 Å². The van der Waals surface area contributed by atoms with E-state index >= 15 is 0 Å². The number of halogens is 5. The van der Waals surface area contributed by atoms with Gasteiger partial charge in [0.2, 0.25) is 0 Å². The third-order valence-electron chi connectivity index (χ3n) is 5.52. The quantitative estimate of drug-likeness (QED) is 0.181. The number of thiol groups is 1. The average Bonchev–Trinajstić information content (AvgIpc) is 2.89. The van der Waals surface area contributed by atoms with E-state index in [2.05, 4.69) is 9.97 Å². The molecule has 0 bridgehead atoms. The van der Waals surface area contributed by atoms with E-state index in [-0.39, 0.29) is 46.0 Å². The number of nitrogens with zero attached hydrogens (tertiary/aromatic N) is 4. The van der Waals surface area contributed by atoms with E-state index in [1.807, 2.05) is 6.07 Å². The van der Waals surface area contributed by atoms with Gasteiger partial charge in [-0.15, -0.1) is 11.6 Å². The first-order valence-electron chi connectivity index (χ1n) is 11.3. The molecule has 0 radical (unpaired) electrons. The van der Waals surface area contributed by atoms with Crippen molar-refractivity contribution in [1.82, 2.24) is 9.97 Å². The van der Waals surface area contributed by atoms with E-state index in [1.54, 1.807) is 30.3 Å². The van der Waals surface area contributed by atoms with Crippen LogP contribution in [0, 0.1) is 11.3 Å². The second-order valence-electron chi connectivity index (χ2n) is 8.26. The van der Waals surface area contributed by atoms with Crippen molar-refractivity contribution in [2.24, 2.45) is 0 Å². The number of rotatable bonds is 9. The molecule has 3 aromatic carbocycles. The molecule has 0 saturated heterocycles. The molecule has 4 rings (SSSR count). The van der Waals surface area contributed by atoms with Crippen LogP contribution >= 0.6 is 23.2 Å². The lowest BCUT2D eigenvalue weighted by molar-refractivity contribution is -0.118. The van der Waals surface area contributed by atoms with Crippen molar-refractivity contribution in [2.75, 3.05) is 23.9 Å². The molecule has 0 unspecified atom stereocenters. The highest BCUT2D eigenvalue weighted by Gasteiger charge is 2.32.